The summed E-state index contributed by atoms with van der Waals surface area (Å²) in [6, 6.07) is 11.7. The molecule has 1 aliphatic rings. The van der Waals surface area contributed by atoms with Crippen LogP contribution in [-0.2, 0) is 21.1 Å². The van der Waals surface area contributed by atoms with Crippen molar-refractivity contribution in [1.29, 1.82) is 0 Å². The van der Waals surface area contributed by atoms with Gasteiger partial charge in [-0.15, -0.1) is 0 Å². The summed E-state index contributed by atoms with van der Waals surface area (Å²) in [5.74, 6) is -0.393. The third-order valence-corrected chi connectivity index (χ3v) is 5.52. The van der Waals surface area contributed by atoms with E-state index in [0.29, 0.717) is 30.9 Å². The maximum atomic E-state index is 12.4. The molecule has 2 aromatic carbocycles. The van der Waals surface area contributed by atoms with Crippen molar-refractivity contribution in [2.75, 3.05) is 24.7 Å². The number of nitrogens with one attached hydrogen (secondary N) is 1. The van der Waals surface area contributed by atoms with Crippen molar-refractivity contribution in [3.8, 4) is 0 Å². The molecule has 1 aliphatic heterocycles. The van der Waals surface area contributed by atoms with Gasteiger partial charge in [-0.05, 0) is 42.3 Å². The summed E-state index contributed by atoms with van der Waals surface area (Å²) in [6.45, 7) is 3.10. The van der Waals surface area contributed by atoms with Crippen LogP contribution in [0.5, 0.6) is 0 Å². The molecular weight excluding hydrogens is 368 g/mol. The fourth-order valence-electron chi connectivity index (χ4n) is 2.83. The maximum absolute atomic E-state index is 12.4. The Bertz CT molecular complexity index is 984. The van der Waals surface area contributed by atoms with Crippen LogP contribution in [0.25, 0.3) is 0 Å². The number of cyclic esters (lactones) is 1. The van der Waals surface area contributed by atoms with Gasteiger partial charge in [0.2, 0.25) is 0 Å². The second-order valence-corrected chi connectivity index (χ2v) is 8.42. The van der Waals surface area contributed by atoms with E-state index in [1.165, 1.54) is 6.07 Å². The molecule has 1 saturated heterocycles. The number of sulfone groups is 1. The Kier molecular flexibility index (Phi) is 5.18. The molecule has 1 N–H and O–H groups in total. The van der Waals surface area contributed by atoms with Crippen LogP contribution < -0.4 is 5.32 Å². The van der Waals surface area contributed by atoms with Crippen LogP contribution in [0, 0.1) is 6.92 Å². The van der Waals surface area contributed by atoms with E-state index in [2.05, 4.69) is 5.32 Å². The van der Waals surface area contributed by atoms with Crippen LogP contribution in [0.15, 0.2) is 47.4 Å². The van der Waals surface area contributed by atoms with Gasteiger partial charge in [0.25, 0.3) is 5.91 Å². The maximum Gasteiger partial charge on any atom is 0.410 e. The molecule has 8 heteroatoms. The summed E-state index contributed by atoms with van der Waals surface area (Å²) >= 11 is 0. The monoisotopic (exact) mass is 388 g/mol. The highest BCUT2D eigenvalue weighted by Gasteiger charge is 2.21. The van der Waals surface area contributed by atoms with Crippen molar-refractivity contribution < 1.29 is 22.7 Å². The summed E-state index contributed by atoms with van der Waals surface area (Å²) < 4.78 is 28.5. The fraction of sp³-hybridized carbons (Fsp3) is 0.263. The molecule has 0 bridgehead atoms. The minimum Gasteiger partial charge on any atom is -0.448 e. The predicted octanol–water partition coefficient (Wildman–Crippen LogP) is 2.60. The van der Waals surface area contributed by atoms with Gasteiger partial charge in [-0.2, -0.15) is 0 Å². The number of nitrogens with zero attached hydrogens (tertiary/aromatic N) is 1. The van der Waals surface area contributed by atoms with Crippen molar-refractivity contribution in [2.24, 2.45) is 0 Å². The number of hydrogen-bond donors (Lipinski definition) is 1. The normalized spacial score (nSPS) is 14.1. The molecule has 27 heavy (non-hydrogen) atoms. The number of ether oxygens (including phenoxy) is 1. The van der Waals surface area contributed by atoms with Gasteiger partial charge in [-0.25, -0.2) is 13.2 Å². The third kappa shape index (κ3) is 4.46. The summed E-state index contributed by atoms with van der Waals surface area (Å²) in [4.78, 5) is 25.7. The van der Waals surface area contributed by atoms with Crippen LogP contribution in [0.2, 0.25) is 0 Å². The predicted molar refractivity (Wildman–Crippen MR) is 100 cm³/mol. The van der Waals surface area contributed by atoms with Crippen molar-refractivity contribution in [2.45, 2.75) is 18.4 Å². The first-order valence-corrected chi connectivity index (χ1v) is 10.3. The Morgan fingerprint density at radius 3 is 2.48 bits per heavy atom. The Labute approximate surface area is 157 Å². The topological polar surface area (TPSA) is 92.8 Å². The molecule has 0 aromatic heterocycles. The van der Waals surface area contributed by atoms with E-state index in [0.717, 1.165) is 11.8 Å². The highest BCUT2D eigenvalue weighted by molar-refractivity contribution is 7.90. The molecule has 3 rings (SSSR count). The van der Waals surface area contributed by atoms with E-state index in [4.69, 9.17) is 4.74 Å². The van der Waals surface area contributed by atoms with Crippen LogP contribution in [-0.4, -0.2) is 44.7 Å². The standard InChI is InChI=1S/C19H20N2O5S/c1-13-3-6-15(11-17(13)27(2,24)25)18(22)20-16-7-4-14(5-8-16)12-21-9-10-26-19(21)23/h3-8,11H,9-10,12H2,1-2H3,(H,20,22). The molecule has 2 amide bonds. The van der Waals surface area contributed by atoms with Gasteiger partial charge in [-0.1, -0.05) is 18.2 Å². The van der Waals surface area contributed by atoms with Crippen molar-refractivity contribution in [3.63, 3.8) is 0 Å². The smallest absolute Gasteiger partial charge is 0.410 e. The highest BCUT2D eigenvalue weighted by Crippen LogP contribution is 2.19. The van der Waals surface area contributed by atoms with E-state index in [-0.39, 0.29) is 16.6 Å². The molecule has 0 unspecified atom stereocenters. The SMILES string of the molecule is Cc1ccc(C(=O)Nc2ccc(CN3CCOC3=O)cc2)cc1S(C)(=O)=O. The van der Waals surface area contributed by atoms with Crippen LogP contribution in [0.3, 0.4) is 0 Å². The number of carbonyl (C=O) groups excluding carboxylic acids is 2. The number of rotatable bonds is 5. The average molecular weight is 388 g/mol. The van der Waals surface area contributed by atoms with E-state index >= 15 is 0 Å². The highest BCUT2D eigenvalue weighted by atomic mass is 32.2. The zero-order valence-electron chi connectivity index (χ0n) is 15.1. The first kappa shape index (κ1) is 18.9. The van der Waals surface area contributed by atoms with Gasteiger partial charge in [0.15, 0.2) is 9.84 Å². The summed E-state index contributed by atoms with van der Waals surface area (Å²) in [5, 5.41) is 2.75. The molecular formula is C19H20N2O5S. The van der Waals surface area contributed by atoms with Crippen molar-refractivity contribution >= 4 is 27.5 Å². The second-order valence-electron chi connectivity index (χ2n) is 6.44. The second kappa shape index (κ2) is 7.40. The lowest BCUT2D eigenvalue weighted by molar-refractivity contribution is 0.102. The number of benzene rings is 2. The fourth-order valence-corrected chi connectivity index (χ4v) is 3.82. The van der Waals surface area contributed by atoms with E-state index in [1.807, 2.05) is 12.1 Å². The zero-order valence-corrected chi connectivity index (χ0v) is 15.9. The van der Waals surface area contributed by atoms with E-state index in [9.17, 15) is 18.0 Å². The Balaban J connectivity index is 1.70. The lowest BCUT2D eigenvalue weighted by atomic mass is 10.1. The number of hydrogen-bond acceptors (Lipinski definition) is 5. The Morgan fingerprint density at radius 2 is 1.89 bits per heavy atom. The first-order chi connectivity index (χ1) is 12.7. The molecule has 0 atom stereocenters. The van der Waals surface area contributed by atoms with Gasteiger partial charge >= 0.3 is 6.09 Å². The van der Waals surface area contributed by atoms with Gasteiger partial charge in [-0.3, -0.25) is 4.79 Å². The molecule has 0 saturated carbocycles. The summed E-state index contributed by atoms with van der Waals surface area (Å²) in [5.41, 5.74) is 2.36. The minimum atomic E-state index is -3.41. The molecule has 1 fully saturated rings. The zero-order chi connectivity index (χ0) is 19.6. The lowest BCUT2D eigenvalue weighted by Crippen LogP contribution is -2.23. The quantitative estimate of drug-likeness (QED) is 0.850. The average Bonchev–Trinajstić information content (AvgIpc) is 3.01. The third-order valence-electron chi connectivity index (χ3n) is 4.28. The molecule has 2 aromatic rings. The van der Waals surface area contributed by atoms with Gasteiger partial charge < -0.3 is 15.0 Å². The number of aryl methyl sites for hydroxylation is 1. The minimum absolute atomic E-state index is 0.142. The molecule has 0 aliphatic carbocycles. The molecule has 7 nitrogen and oxygen atoms in total. The summed E-state index contributed by atoms with van der Waals surface area (Å²) in [7, 11) is -3.41. The van der Waals surface area contributed by atoms with Crippen molar-refractivity contribution in [1.82, 2.24) is 4.90 Å². The molecule has 0 radical (unpaired) electrons. The van der Waals surface area contributed by atoms with E-state index < -0.39 is 15.7 Å². The number of carbonyl (C=O) groups is 2. The van der Waals surface area contributed by atoms with Crippen molar-refractivity contribution in [3.05, 3.63) is 59.2 Å². The largest absolute Gasteiger partial charge is 0.448 e. The molecule has 142 valence electrons. The lowest BCUT2D eigenvalue weighted by Gasteiger charge is -2.13. The van der Waals surface area contributed by atoms with E-state index in [1.54, 1.807) is 36.1 Å². The number of anilines is 1. The van der Waals surface area contributed by atoms with Crippen LogP contribution in [0.1, 0.15) is 21.5 Å². The van der Waals surface area contributed by atoms with Gasteiger partial charge in [0, 0.05) is 24.1 Å². The Hall–Kier alpha value is -2.87. The van der Waals surface area contributed by atoms with Gasteiger partial charge in [0.05, 0.1) is 11.4 Å². The van der Waals surface area contributed by atoms with Gasteiger partial charge in [0.1, 0.15) is 6.61 Å². The Morgan fingerprint density at radius 1 is 1.19 bits per heavy atom. The number of amides is 2. The molecule has 1 heterocycles. The van der Waals surface area contributed by atoms with Crippen LogP contribution in [0.4, 0.5) is 10.5 Å². The molecule has 0 spiro atoms. The summed E-state index contributed by atoms with van der Waals surface area (Å²) in [6.07, 6.45) is 0.791. The van der Waals surface area contributed by atoms with Crippen LogP contribution >= 0.6 is 0 Å². The first-order valence-electron chi connectivity index (χ1n) is 8.37.